The van der Waals surface area contributed by atoms with Crippen LogP contribution in [0.4, 0.5) is 32.0 Å². The molecule has 0 fully saturated rings. The zero-order valence-electron chi connectivity index (χ0n) is 17.5. The van der Waals surface area contributed by atoms with Crippen molar-refractivity contribution in [1.82, 2.24) is 0 Å². The molecule has 4 aromatic rings. The number of rotatable bonds is 6. The van der Waals surface area contributed by atoms with Crippen molar-refractivity contribution < 1.29 is 44.7 Å². The third-order valence-electron chi connectivity index (χ3n) is 4.90. The number of aromatic hydroxyl groups is 1. The molecule has 1 aromatic heterocycles. The molecule has 0 saturated carbocycles. The number of hydrogen-bond acceptors (Lipinski definition) is 5. The number of nitrogens with one attached hydrogen (secondary N) is 1. The van der Waals surface area contributed by atoms with E-state index in [1.54, 1.807) is 0 Å². The van der Waals surface area contributed by atoms with Crippen LogP contribution >= 0.6 is 11.3 Å². The summed E-state index contributed by atoms with van der Waals surface area (Å²) >= 11 is 0.563. The quantitative estimate of drug-likeness (QED) is 0.178. The number of phenolic OH excluding ortho intramolecular Hbond substituents is 1. The van der Waals surface area contributed by atoms with E-state index in [9.17, 15) is 44.7 Å². The minimum atomic E-state index is -4.39. The van der Waals surface area contributed by atoms with Gasteiger partial charge in [0.05, 0.1) is 21.0 Å². The molecule has 186 valence electrons. The fourth-order valence-corrected chi connectivity index (χ4v) is 5.16. The number of ketones is 1. The number of carbonyl (C=O) groups is 1. The van der Waals surface area contributed by atoms with Crippen LogP contribution in [0.1, 0.15) is 15.2 Å². The third-order valence-corrected chi connectivity index (χ3v) is 7.40. The largest absolute Gasteiger partial charge is 0.503 e. The molecule has 0 spiro atoms. The van der Waals surface area contributed by atoms with Crippen LogP contribution in [-0.2, 0) is 10.0 Å². The van der Waals surface area contributed by atoms with Gasteiger partial charge in [0.25, 0.3) is 10.0 Å². The Morgan fingerprint density at radius 1 is 0.806 bits per heavy atom. The van der Waals surface area contributed by atoms with Crippen LogP contribution in [0.3, 0.4) is 0 Å². The molecule has 1 heterocycles. The first-order valence-electron chi connectivity index (χ1n) is 9.68. The third kappa shape index (κ3) is 4.66. The number of thiophene rings is 1. The van der Waals surface area contributed by atoms with Gasteiger partial charge in [0.1, 0.15) is 17.5 Å². The predicted octanol–water partition coefficient (Wildman–Crippen LogP) is 5.99. The summed E-state index contributed by atoms with van der Waals surface area (Å²) in [6.07, 6.45) is 0. The van der Waals surface area contributed by atoms with E-state index >= 15 is 0 Å². The van der Waals surface area contributed by atoms with Crippen LogP contribution in [0.5, 0.6) is 5.75 Å². The minimum absolute atomic E-state index is 0.0229. The second-order valence-electron chi connectivity index (χ2n) is 7.25. The molecule has 0 saturated heterocycles. The van der Waals surface area contributed by atoms with Crippen molar-refractivity contribution in [1.29, 1.82) is 0 Å². The van der Waals surface area contributed by atoms with Crippen molar-refractivity contribution >= 4 is 32.8 Å². The molecular formula is C23H11F6NO4S2. The van der Waals surface area contributed by atoms with Gasteiger partial charge >= 0.3 is 0 Å². The van der Waals surface area contributed by atoms with Crippen molar-refractivity contribution in [3.63, 3.8) is 0 Å². The summed E-state index contributed by atoms with van der Waals surface area (Å²) in [6, 6.07) is 7.38. The summed E-state index contributed by atoms with van der Waals surface area (Å²) in [4.78, 5) is 11.9. The second-order valence-corrected chi connectivity index (χ2v) is 10.0. The molecule has 0 aliphatic rings. The first-order valence-corrected chi connectivity index (χ1v) is 12.0. The number of hydrogen-bond donors (Lipinski definition) is 2. The van der Waals surface area contributed by atoms with Gasteiger partial charge < -0.3 is 5.11 Å². The van der Waals surface area contributed by atoms with Crippen LogP contribution in [0.2, 0.25) is 0 Å². The molecule has 36 heavy (non-hydrogen) atoms. The van der Waals surface area contributed by atoms with E-state index < -0.39 is 72.6 Å². The first-order chi connectivity index (χ1) is 16.9. The Hall–Kier alpha value is -3.84. The smallest absolute Gasteiger partial charge is 0.261 e. The maximum atomic E-state index is 14.5. The molecule has 0 bridgehead atoms. The van der Waals surface area contributed by atoms with Crippen molar-refractivity contribution in [2.24, 2.45) is 0 Å². The van der Waals surface area contributed by atoms with E-state index in [1.807, 2.05) is 4.72 Å². The summed E-state index contributed by atoms with van der Waals surface area (Å²) in [6.45, 7) is 0. The molecule has 0 aliphatic heterocycles. The number of carbonyl (C=O) groups excluding carboxylic acids is 1. The second kappa shape index (κ2) is 9.32. The summed E-state index contributed by atoms with van der Waals surface area (Å²) in [5.41, 5.74) is -1.98. The van der Waals surface area contributed by atoms with Crippen LogP contribution in [0.25, 0.3) is 10.4 Å². The van der Waals surface area contributed by atoms with Crippen molar-refractivity contribution in [3.8, 4) is 16.2 Å². The monoisotopic (exact) mass is 543 g/mol. The Labute approximate surface area is 203 Å². The maximum absolute atomic E-state index is 14.5. The fraction of sp³-hybridized carbons (Fsp3) is 0. The van der Waals surface area contributed by atoms with E-state index in [2.05, 4.69) is 0 Å². The van der Waals surface area contributed by atoms with Crippen molar-refractivity contribution in [2.45, 2.75) is 4.90 Å². The summed E-state index contributed by atoms with van der Waals surface area (Å²) in [5.74, 6) is -11.2. The summed E-state index contributed by atoms with van der Waals surface area (Å²) < 4.78 is 110. The van der Waals surface area contributed by atoms with Crippen LogP contribution in [0, 0.1) is 34.9 Å². The van der Waals surface area contributed by atoms with Gasteiger partial charge in [-0.1, -0.05) is 0 Å². The van der Waals surface area contributed by atoms with Crippen LogP contribution in [0.15, 0.2) is 59.5 Å². The lowest BCUT2D eigenvalue weighted by molar-refractivity contribution is 0.103. The SMILES string of the molecule is O=C(c1ccc(-c2cc(NS(=O)(=O)c3ccc(F)cc3)c(F)cc2F)s1)c1cc(F)c(F)c(O)c1F. The van der Waals surface area contributed by atoms with E-state index in [4.69, 9.17) is 0 Å². The predicted molar refractivity (Wildman–Crippen MR) is 118 cm³/mol. The number of halogens is 6. The van der Waals surface area contributed by atoms with E-state index in [0.717, 1.165) is 36.4 Å². The molecule has 0 amide bonds. The van der Waals surface area contributed by atoms with E-state index in [1.165, 1.54) is 6.07 Å². The molecule has 2 N–H and O–H groups in total. The van der Waals surface area contributed by atoms with Crippen molar-refractivity contribution in [3.05, 3.63) is 99.9 Å². The Morgan fingerprint density at radius 2 is 1.47 bits per heavy atom. The maximum Gasteiger partial charge on any atom is 0.261 e. The number of phenols is 1. The van der Waals surface area contributed by atoms with E-state index in [0.29, 0.717) is 17.4 Å². The Bertz CT molecular complexity index is 1620. The van der Waals surface area contributed by atoms with Gasteiger partial charge in [-0.3, -0.25) is 9.52 Å². The zero-order chi connectivity index (χ0) is 26.4. The molecule has 0 unspecified atom stereocenters. The average molecular weight is 543 g/mol. The van der Waals surface area contributed by atoms with E-state index in [-0.39, 0.29) is 21.4 Å². The Morgan fingerprint density at radius 3 is 2.14 bits per heavy atom. The minimum Gasteiger partial charge on any atom is -0.503 e. The summed E-state index contributed by atoms with van der Waals surface area (Å²) in [5, 5.41) is 9.33. The highest BCUT2D eigenvalue weighted by molar-refractivity contribution is 7.92. The highest BCUT2D eigenvalue weighted by atomic mass is 32.2. The molecule has 0 atom stereocenters. The number of anilines is 1. The van der Waals surface area contributed by atoms with Gasteiger partial charge in [0.2, 0.25) is 11.6 Å². The van der Waals surface area contributed by atoms with Gasteiger partial charge in [0.15, 0.2) is 17.4 Å². The van der Waals surface area contributed by atoms with Crippen molar-refractivity contribution in [2.75, 3.05) is 4.72 Å². The topological polar surface area (TPSA) is 83.5 Å². The molecule has 3 aromatic carbocycles. The highest BCUT2D eigenvalue weighted by Crippen LogP contribution is 2.36. The van der Waals surface area contributed by atoms with Crippen LogP contribution < -0.4 is 4.72 Å². The lowest BCUT2D eigenvalue weighted by atomic mass is 10.1. The van der Waals surface area contributed by atoms with Gasteiger partial charge in [-0.2, -0.15) is 4.39 Å². The van der Waals surface area contributed by atoms with Gasteiger partial charge in [-0.05, 0) is 48.5 Å². The molecule has 13 heteroatoms. The zero-order valence-corrected chi connectivity index (χ0v) is 19.1. The van der Waals surface area contributed by atoms with Gasteiger partial charge in [-0.15, -0.1) is 11.3 Å². The van der Waals surface area contributed by atoms with Gasteiger partial charge in [0, 0.05) is 16.5 Å². The Kier molecular flexibility index (Phi) is 6.54. The lowest BCUT2D eigenvalue weighted by Gasteiger charge is -2.11. The molecule has 5 nitrogen and oxygen atoms in total. The summed E-state index contributed by atoms with van der Waals surface area (Å²) in [7, 11) is -4.39. The van der Waals surface area contributed by atoms with Gasteiger partial charge in [-0.25, -0.2) is 30.4 Å². The molecule has 0 aliphatic carbocycles. The average Bonchev–Trinajstić information content (AvgIpc) is 3.31. The standard InChI is InChI=1S/C23H11F6NO4S2/c24-10-1-3-11(4-2-10)36(33,34)30-17-8-12(14(25)9-15(17)26)18-5-6-19(35-18)22(31)13-7-16(27)21(29)23(32)20(13)28/h1-9,30,32H. The Balaban J connectivity index is 1.69. The molecule has 0 radical (unpaired) electrons. The molecular weight excluding hydrogens is 532 g/mol. The van der Waals surface area contributed by atoms with Crippen LogP contribution in [-0.4, -0.2) is 19.3 Å². The number of sulfonamides is 1. The fourth-order valence-electron chi connectivity index (χ4n) is 3.13. The normalized spacial score (nSPS) is 11.5. The number of benzene rings is 3. The highest BCUT2D eigenvalue weighted by Gasteiger charge is 2.25. The molecule has 4 rings (SSSR count). The lowest BCUT2D eigenvalue weighted by Crippen LogP contribution is -2.14. The first kappa shape index (κ1) is 25.3.